The Morgan fingerprint density at radius 2 is 2.10 bits per heavy atom. The molecule has 1 aliphatic rings. The van der Waals surface area contributed by atoms with Crippen molar-refractivity contribution in [2.75, 3.05) is 31.1 Å². The summed E-state index contributed by atoms with van der Waals surface area (Å²) in [7, 11) is 0. The van der Waals surface area contributed by atoms with Gasteiger partial charge in [-0.15, -0.1) is 0 Å². The van der Waals surface area contributed by atoms with Crippen LogP contribution in [0.3, 0.4) is 0 Å². The lowest BCUT2D eigenvalue weighted by Crippen LogP contribution is -2.36. The van der Waals surface area contributed by atoms with Crippen molar-refractivity contribution in [1.82, 2.24) is 9.69 Å². The molecule has 1 N–H and O–H groups in total. The molecule has 0 unspecified atom stereocenters. The Hall–Kier alpha value is -1.13. The molecule has 2 heterocycles. The van der Waals surface area contributed by atoms with E-state index in [1.165, 1.54) is 49.3 Å². The maximum absolute atomic E-state index is 4.60. The first kappa shape index (κ1) is 13.8. The monoisotopic (exact) mass is 289 g/mol. The maximum Gasteiger partial charge on any atom is 0.119 e. The third-order valence-corrected chi connectivity index (χ3v) is 5.02. The van der Waals surface area contributed by atoms with E-state index in [0.29, 0.717) is 0 Å². The SMILES string of the molecule is CCCN(CC1CCNCC1)c1snc2ccccc12. The van der Waals surface area contributed by atoms with E-state index in [2.05, 4.69) is 45.8 Å². The van der Waals surface area contributed by atoms with E-state index in [4.69, 9.17) is 0 Å². The third-order valence-electron chi connectivity index (χ3n) is 4.08. The molecule has 4 heteroatoms. The molecule has 20 heavy (non-hydrogen) atoms. The number of piperidine rings is 1. The number of benzene rings is 1. The van der Waals surface area contributed by atoms with Crippen LogP contribution >= 0.6 is 11.5 Å². The van der Waals surface area contributed by atoms with Crippen molar-refractivity contribution in [2.24, 2.45) is 5.92 Å². The Balaban J connectivity index is 1.81. The average molecular weight is 289 g/mol. The van der Waals surface area contributed by atoms with Gasteiger partial charge in [0.15, 0.2) is 0 Å². The summed E-state index contributed by atoms with van der Waals surface area (Å²) in [6.07, 6.45) is 3.80. The molecule has 0 atom stereocenters. The molecule has 2 aromatic rings. The lowest BCUT2D eigenvalue weighted by Gasteiger charge is -2.30. The predicted molar refractivity (Wildman–Crippen MR) is 87.7 cm³/mol. The highest BCUT2D eigenvalue weighted by atomic mass is 32.1. The number of aromatic nitrogens is 1. The average Bonchev–Trinajstić information content (AvgIpc) is 2.92. The highest BCUT2D eigenvalue weighted by molar-refractivity contribution is 7.11. The van der Waals surface area contributed by atoms with Gasteiger partial charge in [0.2, 0.25) is 0 Å². The fourth-order valence-electron chi connectivity index (χ4n) is 3.03. The van der Waals surface area contributed by atoms with E-state index >= 15 is 0 Å². The second-order valence-corrected chi connectivity index (χ2v) is 6.40. The number of fused-ring (bicyclic) bond motifs is 1. The van der Waals surface area contributed by atoms with Crippen molar-refractivity contribution in [3.05, 3.63) is 24.3 Å². The lowest BCUT2D eigenvalue weighted by atomic mass is 9.97. The summed E-state index contributed by atoms with van der Waals surface area (Å²) in [5.41, 5.74) is 1.14. The quantitative estimate of drug-likeness (QED) is 0.913. The molecule has 0 bridgehead atoms. The Bertz CT molecular complexity index is 545. The van der Waals surface area contributed by atoms with Gasteiger partial charge in [-0.1, -0.05) is 19.1 Å². The van der Waals surface area contributed by atoms with Gasteiger partial charge in [0, 0.05) is 18.5 Å². The van der Waals surface area contributed by atoms with Crippen molar-refractivity contribution >= 4 is 27.4 Å². The topological polar surface area (TPSA) is 28.2 Å². The molecule has 1 aliphatic heterocycles. The van der Waals surface area contributed by atoms with Gasteiger partial charge >= 0.3 is 0 Å². The van der Waals surface area contributed by atoms with Crippen molar-refractivity contribution in [3.63, 3.8) is 0 Å². The molecular formula is C16H23N3S. The first-order chi connectivity index (χ1) is 9.88. The van der Waals surface area contributed by atoms with E-state index < -0.39 is 0 Å². The Morgan fingerprint density at radius 3 is 2.90 bits per heavy atom. The Morgan fingerprint density at radius 1 is 1.30 bits per heavy atom. The smallest absolute Gasteiger partial charge is 0.119 e. The fraction of sp³-hybridized carbons (Fsp3) is 0.562. The summed E-state index contributed by atoms with van der Waals surface area (Å²) in [6, 6.07) is 8.51. The zero-order chi connectivity index (χ0) is 13.8. The number of nitrogens with one attached hydrogen (secondary N) is 1. The van der Waals surface area contributed by atoms with Crippen molar-refractivity contribution in [3.8, 4) is 0 Å². The largest absolute Gasteiger partial charge is 0.361 e. The number of anilines is 1. The van der Waals surface area contributed by atoms with E-state index in [0.717, 1.165) is 18.0 Å². The normalized spacial score (nSPS) is 16.6. The van der Waals surface area contributed by atoms with Crippen LogP contribution in [-0.2, 0) is 0 Å². The Labute approximate surface area is 125 Å². The molecule has 1 aromatic heterocycles. The number of hydrogen-bond acceptors (Lipinski definition) is 4. The summed E-state index contributed by atoms with van der Waals surface area (Å²) < 4.78 is 4.60. The number of hydrogen-bond donors (Lipinski definition) is 1. The van der Waals surface area contributed by atoms with Crippen LogP contribution in [0.25, 0.3) is 10.9 Å². The molecule has 3 nitrogen and oxygen atoms in total. The highest BCUT2D eigenvalue weighted by Gasteiger charge is 2.19. The second kappa shape index (κ2) is 6.55. The van der Waals surface area contributed by atoms with Crippen LogP contribution in [0.4, 0.5) is 5.00 Å². The highest BCUT2D eigenvalue weighted by Crippen LogP contribution is 2.32. The number of rotatable bonds is 5. The first-order valence-corrected chi connectivity index (χ1v) is 8.46. The fourth-order valence-corrected chi connectivity index (χ4v) is 3.92. The van der Waals surface area contributed by atoms with Crippen LogP contribution in [0.5, 0.6) is 0 Å². The van der Waals surface area contributed by atoms with Gasteiger partial charge in [-0.05, 0) is 61.9 Å². The minimum absolute atomic E-state index is 0.823. The van der Waals surface area contributed by atoms with E-state index in [-0.39, 0.29) is 0 Å². The van der Waals surface area contributed by atoms with Gasteiger partial charge in [0.1, 0.15) is 5.00 Å². The van der Waals surface area contributed by atoms with Gasteiger partial charge in [0.05, 0.1) is 5.52 Å². The van der Waals surface area contributed by atoms with Crippen LogP contribution in [0.1, 0.15) is 26.2 Å². The zero-order valence-electron chi connectivity index (χ0n) is 12.1. The van der Waals surface area contributed by atoms with Crippen molar-refractivity contribution in [2.45, 2.75) is 26.2 Å². The van der Waals surface area contributed by atoms with Crippen molar-refractivity contribution < 1.29 is 0 Å². The summed E-state index contributed by atoms with van der Waals surface area (Å²) in [4.78, 5) is 2.57. The predicted octanol–water partition coefficient (Wildman–Crippen LogP) is 3.51. The van der Waals surface area contributed by atoms with Crippen LogP contribution < -0.4 is 10.2 Å². The molecule has 108 valence electrons. The van der Waals surface area contributed by atoms with Crippen molar-refractivity contribution in [1.29, 1.82) is 0 Å². The molecule has 1 aromatic carbocycles. The summed E-state index contributed by atoms with van der Waals surface area (Å²) in [6.45, 7) is 6.93. The Kier molecular flexibility index (Phi) is 4.53. The molecule has 0 saturated carbocycles. The lowest BCUT2D eigenvalue weighted by molar-refractivity contribution is 0.374. The van der Waals surface area contributed by atoms with Gasteiger partial charge in [-0.3, -0.25) is 0 Å². The molecular weight excluding hydrogens is 266 g/mol. The molecule has 1 saturated heterocycles. The summed E-state index contributed by atoms with van der Waals surface area (Å²) in [5.74, 6) is 0.823. The van der Waals surface area contributed by atoms with Crippen LogP contribution in [0.15, 0.2) is 24.3 Å². The number of nitrogens with zero attached hydrogens (tertiary/aromatic N) is 2. The van der Waals surface area contributed by atoms with E-state index in [9.17, 15) is 0 Å². The summed E-state index contributed by atoms with van der Waals surface area (Å²) >= 11 is 1.66. The standard InChI is InChI=1S/C16H23N3S/c1-2-11-19(12-13-7-9-17-10-8-13)16-14-5-3-4-6-15(14)18-20-16/h3-6,13,17H,2,7-12H2,1H3. The van der Waals surface area contributed by atoms with Gasteiger partial charge in [-0.25, -0.2) is 0 Å². The van der Waals surface area contributed by atoms with Crippen LogP contribution in [0, 0.1) is 5.92 Å². The molecule has 0 amide bonds. The zero-order valence-corrected chi connectivity index (χ0v) is 13.0. The minimum atomic E-state index is 0.823. The third kappa shape index (κ3) is 2.96. The molecule has 0 radical (unpaired) electrons. The molecule has 0 aliphatic carbocycles. The van der Waals surface area contributed by atoms with Crippen LogP contribution in [-0.4, -0.2) is 30.6 Å². The van der Waals surface area contributed by atoms with E-state index in [1.807, 2.05) is 0 Å². The van der Waals surface area contributed by atoms with Gasteiger partial charge in [-0.2, -0.15) is 4.37 Å². The molecule has 0 spiro atoms. The second-order valence-electron chi connectivity index (χ2n) is 5.64. The first-order valence-electron chi connectivity index (χ1n) is 7.68. The van der Waals surface area contributed by atoms with Gasteiger partial charge in [0.25, 0.3) is 0 Å². The molecule has 1 fully saturated rings. The minimum Gasteiger partial charge on any atom is -0.361 e. The van der Waals surface area contributed by atoms with Crippen LogP contribution in [0.2, 0.25) is 0 Å². The van der Waals surface area contributed by atoms with Gasteiger partial charge < -0.3 is 10.2 Å². The summed E-state index contributed by atoms with van der Waals surface area (Å²) in [5, 5.41) is 6.14. The van der Waals surface area contributed by atoms with E-state index in [1.54, 1.807) is 11.5 Å². The molecule has 3 rings (SSSR count). The maximum atomic E-state index is 4.60.